The molecule has 1 heterocycles. The number of phenolic OH excluding ortho intramolecular Hbond substituents is 2. The van der Waals surface area contributed by atoms with Gasteiger partial charge in [-0.2, -0.15) is 4.98 Å². The van der Waals surface area contributed by atoms with Crippen molar-refractivity contribution in [2.24, 2.45) is 0 Å². The van der Waals surface area contributed by atoms with Crippen LogP contribution in [0.25, 0.3) is 22.8 Å². The van der Waals surface area contributed by atoms with Crippen LogP contribution in [0.2, 0.25) is 5.02 Å². The van der Waals surface area contributed by atoms with Gasteiger partial charge in [-0.3, -0.25) is 0 Å². The van der Waals surface area contributed by atoms with Crippen molar-refractivity contribution >= 4 is 11.6 Å². The summed E-state index contributed by atoms with van der Waals surface area (Å²) < 4.78 is 18.4. The van der Waals surface area contributed by atoms with E-state index >= 15 is 0 Å². The minimum Gasteiger partial charge on any atom is -0.507 e. The molecule has 0 aliphatic rings. The first-order valence-corrected chi connectivity index (χ1v) is 6.24. The first kappa shape index (κ1) is 13.4. The number of nitrogens with zero attached hydrogens (tertiary/aromatic N) is 2. The zero-order chi connectivity index (χ0) is 15.0. The van der Waals surface area contributed by atoms with Crippen molar-refractivity contribution in [2.75, 3.05) is 0 Å². The second kappa shape index (κ2) is 5.06. The first-order chi connectivity index (χ1) is 10.0. The summed E-state index contributed by atoms with van der Waals surface area (Å²) in [7, 11) is 0. The van der Waals surface area contributed by atoms with E-state index in [4.69, 9.17) is 21.2 Å². The summed E-state index contributed by atoms with van der Waals surface area (Å²) in [6, 6.07) is 8.13. The molecule has 0 spiro atoms. The van der Waals surface area contributed by atoms with Gasteiger partial charge < -0.3 is 14.7 Å². The summed E-state index contributed by atoms with van der Waals surface area (Å²) in [4.78, 5) is 4.08. The Hall–Kier alpha value is -2.60. The largest absolute Gasteiger partial charge is 0.507 e. The molecule has 2 aromatic carbocycles. The van der Waals surface area contributed by atoms with Gasteiger partial charge in [-0.05, 0) is 36.4 Å². The summed E-state index contributed by atoms with van der Waals surface area (Å²) >= 11 is 5.85. The number of aromatic nitrogens is 2. The Morgan fingerprint density at radius 2 is 1.81 bits per heavy atom. The quantitative estimate of drug-likeness (QED) is 0.756. The molecule has 106 valence electrons. The van der Waals surface area contributed by atoms with Gasteiger partial charge in [0.25, 0.3) is 5.89 Å². The maximum absolute atomic E-state index is 13.3. The molecule has 1 aromatic heterocycles. The molecule has 3 rings (SSSR count). The number of rotatable bonds is 2. The van der Waals surface area contributed by atoms with E-state index in [0.29, 0.717) is 10.6 Å². The van der Waals surface area contributed by atoms with Crippen LogP contribution in [-0.2, 0) is 0 Å². The van der Waals surface area contributed by atoms with E-state index in [0.717, 1.165) is 6.07 Å². The molecule has 0 amide bonds. The van der Waals surface area contributed by atoms with Gasteiger partial charge in [-0.15, -0.1) is 0 Å². The second-order valence-electron chi connectivity index (χ2n) is 4.25. The third-order valence-corrected chi connectivity index (χ3v) is 3.06. The predicted octanol–water partition coefficient (Wildman–Crippen LogP) is 3.61. The van der Waals surface area contributed by atoms with Crippen molar-refractivity contribution < 1.29 is 19.1 Å². The lowest BCUT2D eigenvalue weighted by molar-refractivity contribution is 0.425. The van der Waals surface area contributed by atoms with Gasteiger partial charge in [-0.25, -0.2) is 4.39 Å². The minimum atomic E-state index is -0.788. The fraction of sp³-hybridized carbons (Fsp3) is 0. The SMILES string of the molecule is Oc1ccc(-c2noc(-c3cc(Cl)ccc3O)n2)cc1F. The van der Waals surface area contributed by atoms with E-state index in [-0.39, 0.29) is 23.0 Å². The zero-order valence-corrected chi connectivity index (χ0v) is 11.2. The molecule has 0 aliphatic heterocycles. The fourth-order valence-electron chi connectivity index (χ4n) is 1.78. The van der Waals surface area contributed by atoms with Crippen LogP contribution in [0.5, 0.6) is 11.5 Å². The number of phenols is 2. The number of halogens is 2. The molecule has 7 heteroatoms. The summed E-state index contributed by atoms with van der Waals surface area (Å²) in [5, 5.41) is 23.0. The van der Waals surface area contributed by atoms with Gasteiger partial charge in [0.1, 0.15) is 5.75 Å². The molecule has 3 aromatic rings. The van der Waals surface area contributed by atoms with E-state index in [9.17, 15) is 9.50 Å². The first-order valence-electron chi connectivity index (χ1n) is 5.86. The molecule has 0 bridgehead atoms. The molecule has 0 aliphatic carbocycles. The van der Waals surface area contributed by atoms with Gasteiger partial charge in [0, 0.05) is 10.6 Å². The van der Waals surface area contributed by atoms with Gasteiger partial charge in [0.15, 0.2) is 11.6 Å². The summed E-state index contributed by atoms with van der Waals surface area (Å²) in [5.41, 5.74) is 0.613. The van der Waals surface area contributed by atoms with Crippen LogP contribution < -0.4 is 0 Å². The summed E-state index contributed by atoms with van der Waals surface area (Å²) in [6.07, 6.45) is 0. The van der Waals surface area contributed by atoms with Gasteiger partial charge in [-0.1, -0.05) is 16.8 Å². The summed E-state index contributed by atoms with van der Waals surface area (Å²) in [6.45, 7) is 0. The molecule has 0 unspecified atom stereocenters. The van der Waals surface area contributed by atoms with Crippen molar-refractivity contribution in [3.8, 4) is 34.3 Å². The van der Waals surface area contributed by atoms with E-state index in [1.54, 1.807) is 0 Å². The lowest BCUT2D eigenvalue weighted by atomic mass is 10.2. The average Bonchev–Trinajstić information content (AvgIpc) is 2.94. The van der Waals surface area contributed by atoms with Crippen molar-refractivity contribution in [1.29, 1.82) is 0 Å². The monoisotopic (exact) mass is 306 g/mol. The molecule has 0 atom stereocenters. The van der Waals surface area contributed by atoms with Crippen LogP contribution in [0.1, 0.15) is 0 Å². The molecule has 5 nitrogen and oxygen atoms in total. The maximum Gasteiger partial charge on any atom is 0.262 e. The number of hydrogen-bond donors (Lipinski definition) is 2. The van der Waals surface area contributed by atoms with E-state index < -0.39 is 11.6 Å². The Labute approximate surface area is 123 Å². The highest BCUT2D eigenvalue weighted by atomic mass is 35.5. The standard InChI is InChI=1S/C14H8ClFN2O3/c15-8-2-4-11(19)9(6-8)14-17-13(18-21-14)7-1-3-12(20)10(16)5-7/h1-6,19-20H. The van der Waals surface area contributed by atoms with E-state index in [1.165, 1.54) is 30.3 Å². The fourth-order valence-corrected chi connectivity index (χ4v) is 1.95. The molecule has 2 N–H and O–H groups in total. The van der Waals surface area contributed by atoms with Crippen molar-refractivity contribution in [3.63, 3.8) is 0 Å². The van der Waals surface area contributed by atoms with Crippen LogP contribution in [0.15, 0.2) is 40.9 Å². The third kappa shape index (κ3) is 2.53. The predicted molar refractivity (Wildman–Crippen MR) is 73.5 cm³/mol. The molecule has 0 radical (unpaired) electrons. The Bertz CT molecular complexity index is 820. The lowest BCUT2D eigenvalue weighted by Gasteiger charge is -1.99. The zero-order valence-electron chi connectivity index (χ0n) is 10.4. The number of benzene rings is 2. The summed E-state index contributed by atoms with van der Waals surface area (Å²) in [5.74, 6) is -1.13. The lowest BCUT2D eigenvalue weighted by Crippen LogP contribution is -1.84. The molecule has 0 saturated carbocycles. The van der Waals surface area contributed by atoms with Gasteiger partial charge >= 0.3 is 0 Å². The maximum atomic E-state index is 13.3. The van der Waals surface area contributed by atoms with Gasteiger partial charge in [0.05, 0.1) is 5.56 Å². The molecular formula is C14H8ClFN2O3. The van der Waals surface area contributed by atoms with E-state index in [1.807, 2.05) is 0 Å². The van der Waals surface area contributed by atoms with Crippen molar-refractivity contribution in [3.05, 3.63) is 47.2 Å². The Balaban J connectivity index is 2.03. The van der Waals surface area contributed by atoms with Crippen molar-refractivity contribution in [2.45, 2.75) is 0 Å². The molecule has 0 fully saturated rings. The average molecular weight is 307 g/mol. The smallest absolute Gasteiger partial charge is 0.262 e. The topological polar surface area (TPSA) is 79.4 Å². The van der Waals surface area contributed by atoms with Crippen LogP contribution in [0.4, 0.5) is 4.39 Å². The highest BCUT2D eigenvalue weighted by Gasteiger charge is 2.15. The minimum absolute atomic E-state index is 0.0542. The number of hydrogen-bond acceptors (Lipinski definition) is 5. The third-order valence-electron chi connectivity index (χ3n) is 2.82. The normalized spacial score (nSPS) is 10.8. The molecule has 21 heavy (non-hydrogen) atoms. The molecule has 0 saturated heterocycles. The Morgan fingerprint density at radius 3 is 2.57 bits per heavy atom. The number of aromatic hydroxyl groups is 2. The van der Waals surface area contributed by atoms with E-state index in [2.05, 4.69) is 10.1 Å². The van der Waals surface area contributed by atoms with Crippen LogP contribution >= 0.6 is 11.6 Å². The van der Waals surface area contributed by atoms with Crippen LogP contribution in [0.3, 0.4) is 0 Å². The Kier molecular flexibility index (Phi) is 3.23. The molecular weight excluding hydrogens is 299 g/mol. The van der Waals surface area contributed by atoms with Crippen LogP contribution in [0, 0.1) is 5.82 Å². The Morgan fingerprint density at radius 1 is 1.05 bits per heavy atom. The highest BCUT2D eigenvalue weighted by Crippen LogP contribution is 2.32. The second-order valence-corrected chi connectivity index (χ2v) is 4.69. The van der Waals surface area contributed by atoms with Gasteiger partial charge in [0.2, 0.25) is 5.82 Å². The van der Waals surface area contributed by atoms with Crippen LogP contribution in [-0.4, -0.2) is 20.4 Å². The highest BCUT2D eigenvalue weighted by molar-refractivity contribution is 6.30. The van der Waals surface area contributed by atoms with Crippen molar-refractivity contribution in [1.82, 2.24) is 10.1 Å².